The monoisotopic (exact) mass is 347 g/mol. The minimum Gasteiger partial charge on any atom is -0.360 e. The number of carbonyl (C=O) groups excluding carboxylic acids is 2. The molecule has 2 rings (SSSR count). The summed E-state index contributed by atoms with van der Waals surface area (Å²) < 4.78 is 41.7. The number of halogens is 3. The van der Waals surface area contributed by atoms with Crippen LogP contribution in [0.25, 0.3) is 0 Å². The van der Waals surface area contributed by atoms with Gasteiger partial charge in [-0.05, 0) is 19.8 Å². The van der Waals surface area contributed by atoms with Crippen LogP contribution in [0.2, 0.25) is 0 Å². The first-order chi connectivity index (χ1) is 11.2. The quantitative estimate of drug-likeness (QED) is 0.905. The van der Waals surface area contributed by atoms with E-state index >= 15 is 0 Å². The second-order valence-electron chi connectivity index (χ2n) is 5.84. The Bertz CT molecular complexity index is 613. The average Bonchev–Trinajstić information content (AvgIpc) is 2.92. The first kappa shape index (κ1) is 18.3. The van der Waals surface area contributed by atoms with Crippen molar-refractivity contribution in [1.82, 2.24) is 15.4 Å². The number of aryl methyl sites for hydroxylation is 2. The number of alkyl halides is 3. The van der Waals surface area contributed by atoms with Gasteiger partial charge in [-0.2, -0.15) is 13.2 Å². The molecule has 0 spiro atoms. The van der Waals surface area contributed by atoms with Crippen LogP contribution in [-0.2, 0) is 11.2 Å². The number of likely N-dealkylation sites (tertiary alicyclic amines) is 1. The summed E-state index contributed by atoms with van der Waals surface area (Å²) in [4.78, 5) is 26.1. The molecule has 1 saturated heterocycles. The molecular formula is C15H20F3N3O3. The molecule has 134 valence electrons. The minimum atomic E-state index is -4.45. The van der Waals surface area contributed by atoms with Crippen molar-refractivity contribution in [3.8, 4) is 0 Å². The predicted molar refractivity (Wildman–Crippen MR) is 78.3 cm³/mol. The highest BCUT2D eigenvalue weighted by Crippen LogP contribution is 2.23. The number of hydrogen-bond donors (Lipinski definition) is 1. The first-order valence-electron chi connectivity index (χ1n) is 7.81. The summed E-state index contributed by atoms with van der Waals surface area (Å²) in [7, 11) is 0. The molecule has 2 amide bonds. The smallest absolute Gasteiger partial charge is 0.360 e. The second kappa shape index (κ2) is 7.23. The standard InChI is InChI=1S/C15H20F3N3O3/c1-3-11-12(9(2)20-24-11)14(23)21-6-4-5-10(7-21)13(22)19-8-15(16,17)18/h10H,3-8H2,1-2H3,(H,19,22). The topological polar surface area (TPSA) is 75.4 Å². The summed E-state index contributed by atoms with van der Waals surface area (Å²) in [5.41, 5.74) is 0.856. The summed E-state index contributed by atoms with van der Waals surface area (Å²) >= 11 is 0. The zero-order chi connectivity index (χ0) is 17.9. The van der Waals surface area contributed by atoms with Crippen LogP contribution in [0.4, 0.5) is 13.2 Å². The predicted octanol–water partition coefficient (Wildman–Crippen LogP) is 2.08. The molecule has 1 aliphatic heterocycles. The normalized spacial score (nSPS) is 18.5. The van der Waals surface area contributed by atoms with E-state index in [1.807, 2.05) is 12.2 Å². The molecule has 0 aromatic carbocycles. The van der Waals surface area contributed by atoms with Gasteiger partial charge in [0.05, 0.1) is 11.6 Å². The van der Waals surface area contributed by atoms with E-state index in [1.54, 1.807) is 6.92 Å². The third-order valence-electron chi connectivity index (χ3n) is 4.01. The number of piperidine rings is 1. The lowest BCUT2D eigenvalue weighted by atomic mass is 9.96. The Morgan fingerprint density at radius 1 is 1.42 bits per heavy atom. The van der Waals surface area contributed by atoms with E-state index in [2.05, 4.69) is 5.16 Å². The fraction of sp³-hybridized carbons (Fsp3) is 0.667. The van der Waals surface area contributed by atoms with Gasteiger partial charge in [0, 0.05) is 19.5 Å². The molecule has 1 atom stereocenters. The fourth-order valence-corrected chi connectivity index (χ4v) is 2.80. The Labute approximate surface area is 137 Å². The Kier molecular flexibility index (Phi) is 5.51. The van der Waals surface area contributed by atoms with Crippen molar-refractivity contribution in [2.75, 3.05) is 19.6 Å². The Morgan fingerprint density at radius 3 is 2.75 bits per heavy atom. The van der Waals surface area contributed by atoms with Crippen molar-refractivity contribution < 1.29 is 27.3 Å². The molecule has 0 bridgehead atoms. The zero-order valence-electron chi connectivity index (χ0n) is 13.6. The molecule has 0 aliphatic carbocycles. The Hall–Kier alpha value is -2.06. The van der Waals surface area contributed by atoms with Gasteiger partial charge in [0.15, 0.2) is 0 Å². The minimum absolute atomic E-state index is 0.0935. The number of rotatable bonds is 4. The molecule has 1 unspecified atom stereocenters. The van der Waals surface area contributed by atoms with Gasteiger partial charge >= 0.3 is 6.18 Å². The van der Waals surface area contributed by atoms with Crippen molar-refractivity contribution >= 4 is 11.8 Å². The third-order valence-corrected chi connectivity index (χ3v) is 4.01. The molecule has 1 N–H and O–H groups in total. The molecule has 1 fully saturated rings. The number of aromatic nitrogens is 1. The van der Waals surface area contributed by atoms with Crippen molar-refractivity contribution in [2.24, 2.45) is 5.92 Å². The molecule has 9 heteroatoms. The van der Waals surface area contributed by atoms with Gasteiger partial charge in [0.1, 0.15) is 17.9 Å². The highest BCUT2D eigenvalue weighted by Gasteiger charge is 2.34. The highest BCUT2D eigenvalue weighted by molar-refractivity contribution is 5.96. The molecule has 6 nitrogen and oxygen atoms in total. The van der Waals surface area contributed by atoms with Crippen molar-refractivity contribution in [3.05, 3.63) is 17.0 Å². The molecule has 24 heavy (non-hydrogen) atoms. The lowest BCUT2D eigenvalue weighted by molar-refractivity contribution is -0.141. The largest absolute Gasteiger partial charge is 0.405 e. The molecule has 0 radical (unpaired) electrons. The van der Waals surface area contributed by atoms with Crippen LogP contribution in [0, 0.1) is 12.8 Å². The fourth-order valence-electron chi connectivity index (χ4n) is 2.80. The number of hydrogen-bond acceptors (Lipinski definition) is 4. The summed E-state index contributed by atoms with van der Waals surface area (Å²) in [5.74, 6) is -1.14. The van der Waals surface area contributed by atoms with Crippen molar-refractivity contribution in [2.45, 2.75) is 39.3 Å². The average molecular weight is 347 g/mol. The lowest BCUT2D eigenvalue weighted by Crippen LogP contribution is -2.47. The second-order valence-corrected chi connectivity index (χ2v) is 5.84. The maximum Gasteiger partial charge on any atom is 0.405 e. The van der Waals surface area contributed by atoms with Gasteiger partial charge in [-0.25, -0.2) is 0 Å². The molecule has 1 aromatic rings. The zero-order valence-corrected chi connectivity index (χ0v) is 13.6. The number of amides is 2. The van der Waals surface area contributed by atoms with Crippen LogP contribution in [0.1, 0.15) is 41.6 Å². The van der Waals surface area contributed by atoms with Gasteiger partial charge in [0.25, 0.3) is 5.91 Å². The highest BCUT2D eigenvalue weighted by atomic mass is 19.4. The summed E-state index contributed by atoms with van der Waals surface area (Å²) in [6.07, 6.45) is -2.93. The molecule has 1 aliphatic rings. The molecule has 1 aromatic heterocycles. The van der Waals surface area contributed by atoms with Crippen LogP contribution in [0.15, 0.2) is 4.52 Å². The van der Waals surface area contributed by atoms with Gasteiger partial charge < -0.3 is 14.7 Å². The van der Waals surface area contributed by atoms with Gasteiger partial charge in [-0.3, -0.25) is 9.59 Å². The maximum absolute atomic E-state index is 12.7. The van der Waals surface area contributed by atoms with E-state index in [0.717, 1.165) is 0 Å². The maximum atomic E-state index is 12.7. The SMILES string of the molecule is CCc1onc(C)c1C(=O)N1CCCC(C(=O)NCC(F)(F)F)C1. The lowest BCUT2D eigenvalue weighted by Gasteiger charge is -2.32. The molecular weight excluding hydrogens is 327 g/mol. The van der Waals surface area contributed by atoms with E-state index in [0.29, 0.717) is 42.8 Å². The molecule has 0 saturated carbocycles. The van der Waals surface area contributed by atoms with E-state index in [-0.39, 0.29) is 12.5 Å². The summed E-state index contributed by atoms with van der Waals surface area (Å²) in [5, 5.41) is 5.67. The van der Waals surface area contributed by atoms with E-state index in [9.17, 15) is 22.8 Å². The summed E-state index contributed by atoms with van der Waals surface area (Å²) in [6, 6.07) is 0. The van der Waals surface area contributed by atoms with Crippen LogP contribution in [-0.4, -0.2) is 47.7 Å². The van der Waals surface area contributed by atoms with E-state index in [1.165, 1.54) is 4.90 Å². The molecule has 2 heterocycles. The summed E-state index contributed by atoms with van der Waals surface area (Å²) in [6.45, 7) is 2.68. The number of carbonyl (C=O) groups is 2. The Balaban J connectivity index is 2.03. The number of nitrogens with one attached hydrogen (secondary N) is 1. The third kappa shape index (κ3) is 4.27. The van der Waals surface area contributed by atoms with Gasteiger partial charge in [-0.1, -0.05) is 12.1 Å². The van der Waals surface area contributed by atoms with Crippen molar-refractivity contribution in [3.63, 3.8) is 0 Å². The van der Waals surface area contributed by atoms with E-state index in [4.69, 9.17) is 4.52 Å². The Morgan fingerprint density at radius 2 is 2.12 bits per heavy atom. The van der Waals surface area contributed by atoms with Gasteiger partial charge in [0.2, 0.25) is 5.91 Å². The van der Waals surface area contributed by atoms with Crippen LogP contribution >= 0.6 is 0 Å². The van der Waals surface area contributed by atoms with Crippen LogP contribution in [0.3, 0.4) is 0 Å². The van der Waals surface area contributed by atoms with Gasteiger partial charge in [-0.15, -0.1) is 0 Å². The van der Waals surface area contributed by atoms with Crippen LogP contribution < -0.4 is 5.32 Å². The van der Waals surface area contributed by atoms with E-state index < -0.39 is 24.5 Å². The van der Waals surface area contributed by atoms with Crippen molar-refractivity contribution in [1.29, 1.82) is 0 Å². The number of nitrogens with zero attached hydrogens (tertiary/aromatic N) is 2. The van der Waals surface area contributed by atoms with Crippen LogP contribution in [0.5, 0.6) is 0 Å². The first-order valence-corrected chi connectivity index (χ1v) is 7.81.